The van der Waals surface area contributed by atoms with Crippen molar-refractivity contribution >= 4 is 75.1 Å². The predicted molar refractivity (Wildman–Crippen MR) is 82.0 cm³/mol. The van der Waals surface area contributed by atoms with E-state index in [2.05, 4.69) is 79.3 Å². The maximum atomic E-state index is 3.57. The van der Waals surface area contributed by atoms with E-state index >= 15 is 0 Å². The highest BCUT2D eigenvalue weighted by Gasteiger charge is 2.28. The summed E-state index contributed by atoms with van der Waals surface area (Å²) in [5.41, 5.74) is 2.11. The fraction of sp³-hybridized carbons (Fsp3) is 0.333. The van der Waals surface area contributed by atoms with E-state index in [1.807, 2.05) is 14.1 Å². The van der Waals surface area contributed by atoms with E-state index in [0.29, 0.717) is 0 Å². The third-order valence-corrected chi connectivity index (χ3v) is 7.11. The zero-order valence-electron chi connectivity index (χ0n) is 8.54. The number of halogens is 4. The Morgan fingerprint density at radius 1 is 0.812 bits per heavy atom. The minimum atomic E-state index is 0.101. The van der Waals surface area contributed by atoms with Crippen molar-refractivity contribution in [2.75, 3.05) is 24.7 Å². The number of nitrogens with zero attached hydrogens (tertiary/aromatic N) is 1. The molecule has 1 aromatic rings. The summed E-state index contributed by atoms with van der Waals surface area (Å²) in [5, 5.41) is 6.80. The standard InChI is InChI=1S/C9H9Br4N3/c1-16(2)9-14-7-5(12)3(10)4(11)6(13)8(7)15-9/h9,14-15H,1-2H3. The molecule has 0 radical (unpaired) electrons. The van der Waals surface area contributed by atoms with Crippen LogP contribution in [0.25, 0.3) is 0 Å². The lowest BCUT2D eigenvalue weighted by atomic mass is 10.3. The molecule has 0 spiro atoms. The van der Waals surface area contributed by atoms with E-state index < -0.39 is 0 Å². The quantitative estimate of drug-likeness (QED) is 0.462. The van der Waals surface area contributed by atoms with Gasteiger partial charge in [0.05, 0.1) is 20.3 Å². The molecule has 0 aliphatic carbocycles. The van der Waals surface area contributed by atoms with Crippen LogP contribution in [0.15, 0.2) is 17.9 Å². The zero-order chi connectivity index (χ0) is 12.0. The van der Waals surface area contributed by atoms with Crippen molar-refractivity contribution in [3.05, 3.63) is 17.9 Å². The van der Waals surface area contributed by atoms with Crippen LogP contribution < -0.4 is 10.6 Å². The maximum absolute atomic E-state index is 3.57. The second kappa shape index (κ2) is 4.76. The summed E-state index contributed by atoms with van der Waals surface area (Å²) in [4.78, 5) is 2.07. The molecule has 2 N–H and O–H groups in total. The Balaban J connectivity index is 2.53. The zero-order valence-corrected chi connectivity index (χ0v) is 14.9. The van der Waals surface area contributed by atoms with Gasteiger partial charge in [0, 0.05) is 8.95 Å². The third-order valence-electron chi connectivity index (χ3n) is 2.35. The first kappa shape index (κ1) is 13.1. The number of fused-ring (bicyclic) bond motifs is 1. The lowest BCUT2D eigenvalue weighted by Crippen LogP contribution is -2.37. The summed E-state index contributed by atoms with van der Waals surface area (Å²) in [6, 6.07) is 0. The predicted octanol–water partition coefficient (Wildman–Crippen LogP) is 4.42. The molecule has 0 amide bonds. The molecule has 0 saturated carbocycles. The van der Waals surface area contributed by atoms with Gasteiger partial charge in [0.15, 0.2) is 6.29 Å². The summed E-state index contributed by atoms with van der Waals surface area (Å²) < 4.78 is 4.00. The van der Waals surface area contributed by atoms with Crippen molar-refractivity contribution in [2.24, 2.45) is 0 Å². The summed E-state index contributed by atoms with van der Waals surface area (Å²) in [5.74, 6) is 0. The van der Waals surface area contributed by atoms with Gasteiger partial charge in [-0.1, -0.05) is 0 Å². The monoisotopic (exact) mass is 475 g/mol. The van der Waals surface area contributed by atoms with Crippen LogP contribution in [0, 0.1) is 0 Å². The Hall–Kier alpha value is 0.700. The minimum Gasteiger partial charge on any atom is -0.350 e. The number of hydrogen-bond donors (Lipinski definition) is 2. The number of hydrogen-bond acceptors (Lipinski definition) is 3. The lowest BCUT2D eigenvalue weighted by Gasteiger charge is -2.20. The number of benzene rings is 1. The van der Waals surface area contributed by atoms with Gasteiger partial charge in [-0.3, -0.25) is 4.90 Å². The number of rotatable bonds is 1. The highest BCUT2D eigenvalue weighted by Crippen LogP contribution is 2.50. The first-order chi connectivity index (χ1) is 7.43. The van der Waals surface area contributed by atoms with Crippen molar-refractivity contribution in [2.45, 2.75) is 6.29 Å². The van der Waals surface area contributed by atoms with Gasteiger partial charge in [0.1, 0.15) is 0 Å². The summed E-state index contributed by atoms with van der Waals surface area (Å²) in [6.45, 7) is 0. The first-order valence-electron chi connectivity index (χ1n) is 4.49. The molecule has 16 heavy (non-hydrogen) atoms. The molecule has 7 heteroatoms. The fourth-order valence-corrected chi connectivity index (χ4v) is 3.82. The van der Waals surface area contributed by atoms with Gasteiger partial charge in [0.2, 0.25) is 0 Å². The van der Waals surface area contributed by atoms with Gasteiger partial charge < -0.3 is 10.6 Å². The van der Waals surface area contributed by atoms with Gasteiger partial charge in [-0.15, -0.1) is 0 Å². The van der Waals surface area contributed by atoms with Crippen molar-refractivity contribution in [3.8, 4) is 0 Å². The van der Waals surface area contributed by atoms with Crippen LogP contribution in [0.4, 0.5) is 11.4 Å². The van der Waals surface area contributed by atoms with E-state index in [0.717, 1.165) is 29.3 Å². The molecule has 1 heterocycles. The molecule has 1 aliphatic heterocycles. The fourth-order valence-electron chi connectivity index (χ4n) is 1.47. The molecule has 0 atom stereocenters. The van der Waals surface area contributed by atoms with Crippen molar-refractivity contribution in [1.29, 1.82) is 0 Å². The molecule has 0 bridgehead atoms. The highest BCUT2D eigenvalue weighted by molar-refractivity contribution is 9.15. The molecule has 0 unspecified atom stereocenters. The first-order valence-corrected chi connectivity index (χ1v) is 7.66. The highest BCUT2D eigenvalue weighted by atomic mass is 79.9. The Morgan fingerprint density at radius 3 is 1.50 bits per heavy atom. The molecule has 0 fully saturated rings. The largest absolute Gasteiger partial charge is 0.350 e. The van der Waals surface area contributed by atoms with Gasteiger partial charge in [-0.25, -0.2) is 0 Å². The number of nitrogens with one attached hydrogen (secondary N) is 2. The van der Waals surface area contributed by atoms with Gasteiger partial charge >= 0.3 is 0 Å². The molecular formula is C9H9Br4N3. The van der Waals surface area contributed by atoms with E-state index in [9.17, 15) is 0 Å². The molecule has 0 aromatic heterocycles. The molecule has 1 aliphatic rings. The Labute approximate surface area is 128 Å². The van der Waals surface area contributed by atoms with Crippen LogP contribution in [0.2, 0.25) is 0 Å². The minimum absolute atomic E-state index is 0.101. The summed E-state index contributed by atoms with van der Waals surface area (Å²) in [7, 11) is 4.03. The van der Waals surface area contributed by atoms with Crippen LogP contribution in [0.3, 0.4) is 0 Å². The smallest absolute Gasteiger partial charge is 0.155 e. The number of anilines is 2. The average Bonchev–Trinajstić information content (AvgIpc) is 2.68. The summed E-state index contributed by atoms with van der Waals surface area (Å²) >= 11 is 14.2. The average molecular weight is 479 g/mol. The van der Waals surface area contributed by atoms with Gasteiger partial charge in [0.25, 0.3) is 0 Å². The molecule has 3 nitrogen and oxygen atoms in total. The normalized spacial score (nSPS) is 14.9. The molecule has 1 aromatic carbocycles. The van der Waals surface area contributed by atoms with Crippen LogP contribution in [0.5, 0.6) is 0 Å². The van der Waals surface area contributed by atoms with Gasteiger partial charge in [-0.05, 0) is 77.8 Å². The Kier molecular flexibility index (Phi) is 3.91. The van der Waals surface area contributed by atoms with Crippen LogP contribution in [-0.2, 0) is 0 Å². The summed E-state index contributed by atoms with van der Waals surface area (Å²) in [6.07, 6.45) is 0.101. The lowest BCUT2D eigenvalue weighted by molar-refractivity contribution is 0.358. The van der Waals surface area contributed by atoms with E-state index in [-0.39, 0.29) is 6.29 Å². The second-order valence-corrected chi connectivity index (χ2v) is 6.83. The van der Waals surface area contributed by atoms with Crippen LogP contribution in [0.1, 0.15) is 0 Å². The maximum Gasteiger partial charge on any atom is 0.155 e. The topological polar surface area (TPSA) is 27.3 Å². The van der Waals surface area contributed by atoms with Crippen LogP contribution >= 0.6 is 63.7 Å². The van der Waals surface area contributed by atoms with Gasteiger partial charge in [-0.2, -0.15) is 0 Å². The van der Waals surface area contributed by atoms with E-state index in [1.54, 1.807) is 0 Å². The van der Waals surface area contributed by atoms with E-state index in [4.69, 9.17) is 0 Å². The molecule has 0 saturated heterocycles. The Morgan fingerprint density at radius 2 is 1.19 bits per heavy atom. The molecular weight excluding hydrogens is 470 g/mol. The molecule has 2 rings (SSSR count). The molecule has 88 valence electrons. The van der Waals surface area contributed by atoms with E-state index in [1.165, 1.54) is 0 Å². The van der Waals surface area contributed by atoms with Crippen LogP contribution in [-0.4, -0.2) is 25.3 Å². The van der Waals surface area contributed by atoms with Crippen molar-refractivity contribution in [3.63, 3.8) is 0 Å². The van der Waals surface area contributed by atoms with Crippen molar-refractivity contribution in [1.82, 2.24) is 4.90 Å². The SMILES string of the molecule is CN(C)C1Nc2c(Br)c(Br)c(Br)c(Br)c2N1. The second-order valence-electron chi connectivity index (χ2n) is 3.66. The third kappa shape index (κ3) is 2.05. The Bertz CT molecular complexity index is 410. The van der Waals surface area contributed by atoms with Crippen molar-refractivity contribution < 1.29 is 0 Å².